The van der Waals surface area contributed by atoms with Gasteiger partial charge in [0.25, 0.3) is 0 Å². The van der Waals surface area contributed by atoms with Crippen molar-refractivity contribution in [1.82, 2.24) is 0 Å². The zero-order valence-corrected chi connectivity index (χ0v) is 34.6. The number of benzene rings is 5. The van der Waals surface area contributed by atoms with Crippen LogP contribution < -0.4 is 0 Å². The third kappa shape index (κ3) is 11.5. The number of allylic oxidation sites excluding steroid dienone is 1. The van der Waals surface area contributed by atoms with E-state index in [0.29, 0.717) is 0 Å². The maximum absolute atomic E-state index is 3.60. The lowest BCUT2D eigenvalue weighted by Gasteiger charge is -2.15. The topological polar surface area (TPSA) is 0 Å². The van der Waals surface area contributed by atoms with Crippen molar-refractivity contribution >= 4 is 138 Å². The molecule has 0 N–H and O–H groups in total. The van der Waals surface area contributed by atoms with E-state index in [0.717, 1.165) is 22.4 Å². The summed E-state index contributed by atoms with van der Waals surface area (Å²) in [6.45, 7) is 0. The molecule has 0 amide bonds. The Labute approximate surface area is 322 Å². The Morgan fingerprint density at radius 2 is 0.591 bits per heavy atom. The van der Waals surface area contributed by atoms with E-state index in [-0.39, 0.29) is 0 Å². The van der Waals surface area contributed by atoms with Gasteiger partial charge in [-0.2, -0.15) is 0 Å². The van der Waals surface area contributed by atoms with Crippen molar-refractivity contribution in [3.8, 4) is 0 Å². The van der Waals surface area contributed by atoms with Gasteiger partial charge in [0.2, 0.25) is 0 Å². The van der Waals surface area contributed by atoms with Gasteiger partial charge in [-0.1, -0.05) is 138 Å². The van der Waals surface area contributed by atoms with Crippen LogP contribution in [-0.4, -0.2) is 0 Å². The van der Waals surface area contributed by atoms with Crippen LogP contribution in [0.4, 0.5) is 0 Å². The molecule has 0 bridgehead atoms. The predicted molar refractivity (Wildman–Crippen MR) is 215 cm³/mol. The van der Waals surface area contributed by atoms with Gasteiger partial charge in [0, 0.05) is 51.7 Å². The Morgan fingerprint density at radius 1 is 0.341 bits per heavy atom. The van der Waals surface area contributed by atoms with Crippen LogP contribution in [0.1, 0.15) is 0 Å². The summed E-state index contributed by atoms with van der Waals surface area (Å²) in [5, 5.41) is 0. The highest BCUT2D eigenvalue weighted by molar-refractivity contribution is 9.11. The molecule has 0 nitrogen and oxygen atoms in total. The molecule has 0 unspecified atom stereocenters. The van der Waals surface area contributed by atoms with Crippen LogP contribution >= 0.6 is 138 Å². The molecule has 10 heteroatoms. The average molecular weight is 989 g/mol. The molecule has 0 saturated carbocycles. The fraction of sp³-hybridized carbons (Fsp3) is 0. The van der Waals surface area contributed by atoms with Crippen molar-refractivity contribution in [3.63, 3.8) is 0 Å². The van der Waals surface area contributed by atoms with Crippen molar-refractivity contribution < 1.29 is 0 Å². The minimum atomic E-state index is 1.06. The first-order valence-corrected chi connectivity index (χ1v) is 21.0. The van der Waals surface area contributed by atoms with Gasteiger partial charge in [-0.05, 0) is 127 Å². The van der Waals surface area contributed by atoms with Gasteiger partial charge < -0.3 is 0 Å². The first-order valence-electron chi connectivity index (χ1n) is 12.9. The molecule has 5 aromatic rings. The van der Waals surface area contributed by atoms with E-state index in [4.69, 9.17) is 0 Å². The molecule has 0 aliphatic carbocycles. The molecule has 0 heterocycles. The minimum absolute atomic E-state index is 1.06. The maximum atomic E-state index is 3.60. The summed E-state index contributed by atoms with van der Waals surface area (Å²) in [5.41, 5.74) is 0. The minimum Gasteiger partial charge on any atom is -0.0883 e. The van der Waals surface area contributed by atoms with Crippen molar-refractivity contribution in [2.45, 2.75) is 24.5 Å². The van der Waals surface area contributed by atoms with E-state index in [1.165, 1.54) is 37.9 Å². The normalized spacial score (nSPS) is 10.8. The van der Waals surface area contributed by atoms with Gasteiger partial charge in [0.05, 0.1) is 8.47 Å². The highest BCUT2D eigenvalue weighted by Crippen LogP contribution is 2.49. The molecule has 0 fully saturated rings. The number of rotatable bonds is 11. The second kappa shape index (κ2) is 17.8. The molecule has 0 aliphatic heterocycles. The standard InChI is InChI=1S/C34H21Br5S5/c35-22-1-11-27(12-2-22)40-32(34(43-30-17-7-25(38)8-18-30)44-31-19-9-26(39)10-20-31)21-33(41-28-13-3-23(36)4-14-28)42-29-15-5-24(37)6-16-29/h1-21H. The summed E-state index contributed by atoms with van der Waals surface area (Å²) in [5.74, 6) is 0. The van der Waals surface area contributed by atoms with Gasteiger partial charge in [-0.3, -0.25) is 0 Å². The molecular weight excluding hydrogens is 968 g/mol. The Kier molecular flexibility index (Phi) is 14.1. The molecule has 0 spiro atoms. The number of hydrogen-bond donors (Lipinski definition) is 0. The third-order valence-electron chi connectivity index (χ3n) is 5.60. The van der Waals surface area contributed by atoms with E-state index in [9.17, 15) is 0 Å². The van der Waals surface area contributed by atoms with E-state index < -0.39 is 0 Å². The summed E-state index contributed by atoms with van der Waals surface area (Å²) in [6, 6.07) is 42.6. The van der Waals surface area contributed by atoms with Crippen LogP contribution in [0.2, 0.25) is 0 Å². The maximum Gasteiger partial charge on any atom is 0.0638 e. The first kappa shape index (κ1) is 35.0. The van der Waals surface area contributed by atoms with E-state index in [2.05, 4.69) is 207 Å². The van der Waals surface area contributed by atoms with Crippen molar-refractivity contribution in [2.75, 3.05) is 0 Å². The molecule has 44 heavy (non-hydrogen) atoms. The molecule has 0 aliphatic rings. The van der Waals surface area contributed by atoms with Crippen molar-refractivity contribution in [2.24, 2.45) is 0 Å². The summed E-state index contributed by atoms with van der Waals surface area (Å²) in [4.78, 5) is 7.07. The second-order valence-electron chi connectivity index (χ2n) is 8.89. The summed E-state index contributed by atoms with van der Waals surface area (Å²) < 4.78 is 7.71. The Morgan fingerprint density at radius 3 is 0.886 bits per heavy atom. The smallest absolute Gasteiger partial charge is 0.0638 e. The molecule has 0 radical (unpaired) electrons. The Hall–Kier alpha value is -0.270. The summed E-state index contributed by atoms with van der Waals surface area (Å²) in [7, 11) is 0. The predicted octanol–water partition coefficient (Wildman–Crippen LogP) is 15.8. The van der Waals surface area contributed by atoms with Gasteiger partial charge in [0.1, 0.15) is 0 Å². The molecule has 5 rings (SSSR count). The monoisotopic (exact) mass is 984 g/mol. The van der Waals surface area contributed by atoms with Gasteiger partial charge in [0.15, 0.2) is 0 Å². The van der Waals surface area contributed by atoms with E-state index in [1.807, 2.05) is 0 Å². The lowest BCUT2D eigenvalue weighted by atomic mass is 10.4. The largest absolute Gasteiger partial charge is 0.0883 e. The number of thioether (sulfide) groups is 5. The highest BCUT2D eigenvalue weighted by atomic mass is 79.9. The molecule has 0 atom stereocenters. The Balaban J connectivity index is 1.64. The van der Waals surface area contributed by atoms with Gasteiger partial charge in [-0.15, -0.1) is 0 Å². The molecule has 0 saturated heterocycles. The lowest BCUT2D eigenvalue weighted by molar-refractivity contribution is 1.44. The summed E-state index contributed by atoms with van der Waals surface area (Å²) >= 11 is 26.9. The zero-order chi connectivity index (χ0) is 30.9. The van der Waals surface area contributed by atoms with E-state index in [1.54, 1.807) is 58.8 Å². The van der Waals surface area contributed by atoms with Gasteiger partial charge in [-0.25, -0.2) is 0 Å². The van der Waals surface area contributed by atoms with Crippen molar-refractivity contribution in [3.05, 3.63) is 163 Å². The zero-order valence-electron chi connectivity index (χ0n) is 22.6. The first-order chi connectivity index (χ1) is 21.3. The lowest BCUT2D eigenvalue weighted by Crippen LogP contribution is -1.85. The van der Waals surface area contributed by atoms with Crippen LogP contribution in [0.3, 0.4) is 0 Å². The molecule has 222 valence electrons. The second-order valence-corrected chi connectivity index (χ2v) is 19.5. The summed E-state index contributed by atoms with van der Waals surface area (Å²) in [6.07, 6.45) is 2.35. The van der Waals surface area contributed by atoms with Gasteiger partial charge >= 0.3 is 0 Å². The van der Waals surface area contributed by atoms with Crippen LogP contribution in [0.5, 0.6) is 0 Å². The SMILES string of the molecule is Brc1ccc(SC(=CC(Sc2ccc(Br)cc2)=C(Sc2ccc(Br)cc2)Sc2ccc(Br)cc2)Sc2ccc(Br)cc2)cc1. The molecular formula is C34H21Br5S5. The van der Waals surface area contributed by atoms with Crippen LogP contribution in [-0.2, 0) is 0 Å². The fourth-order valence-corrected chi connectivity index (χ4v) is 10.4. The van der Waals surface area contributed by atoms with Crippen LogP contribution in [0.15, 0.2) is 188 Å². The number of hydrogen-bond acceptors (Lipinski definition) is 5. The van der Waals surface area contributed by atoms with E-state index >= 15 is 0 Å². The van der Waals surface area contributed by atoms with Crippen LogP contribution in [0.25, 0.3) is 0 Å². The van der Waals surface area contributed by atoms with Crippen molar-refractivity contribution in [1.29, 1.82) is 0 Å². The third-order valence-corrected chi connectivity index (χ3v) is 14.0. The highest BCUT2D eigenvalue weighted by Gasteiger charge is 2.15. The average Bonchev–Trinajstić information content (AvgIpc) is 3.02. The molecule has 0 aromatic heterocycles. The van der Waals surface area contributed by atoms with Crippen LogP contribution in [0, 0.1) is 0 Å². The molecule has 5 aromatic carbocycles. The number of halogens is 5. The fourth-order valence-electron chi connectivity index (χ4n) is 3.52. The quantitative estimate of drug-likeness (QED) is 0.0952. The Bertz CT molecular complexity index is 1640.